The van der Waals surface area contributed by atoms with Crippen LogP contribution in [0.3, 0.4) is 0 Å². The molecule has 1 heterocycles. The highest BCUT2D eigenvalue weighted by Crippen LogP contribution is 2.21. The molecule has 0 fully saturated rings. The molecule has 0 aliphatic carbocycles. The van der Waals surface area contributed by atoms with Crippen LogP contribution in [0.5, 0.6) is 0 Å². The van der Waals surface area contributed by atoms with Gasteiger partial charge in [0, 0.05) is 24.7 Å². The van der Waals surface area contributed by atoms with E-state index < -0.39 is 0 Å². The fraction of sp³-hybridized carbons (Fsp3) is 0.333. The normalized spacial score (nSPS) is 10.5. The van der Waals surface area contributed by atoms with E-state index >= 15 is 0 Å². The van der Waals surface area contributed by atoms with E-state index in [1.165, 1.54) is 0 Å². The van der Waals surface area contributed by atoms with E-state index in [-0.39, 0.29) is 5.91 Å². The van der Waals surface area contributed by atoms with Gasteiger partial charge in [-0.2, -0.15) is 0 Å². The quantitative estimate of drug-likeness (QED) is 0.846. The molecule has 0 atom stereocenters. The molecule has 1 aromatic heterocycles. The van der Waals surface area contributed by atoms with E-state index in [4.69, 9.17) is 4.52 Å². The molecule has 0 spiro atoms. The first-order valence-corrected chi connectivity index (χ1v) is 6.48. The van der Waals surface area contributed by atoms with E-state index in [9.17, 15) is 4.79 Å². The first-order chi connectivity index (χ1) is 9.15. The summed E-state index contributed by atoms with van der Waals surface area (Å²) >= 11 is 0. The Balaban J connectivity index is 2.26. The summed E-state index contributed by atoms with van der Waals surface area (Å²) in [6, 6.07) is 9.63. The van der Waals surface area contributed by atoms with Crippen LogP contribution in [0.25, 0.3) is 11.3 Å². The van der Waals surface area contributed by atoms with Gasteiger partial charge in [0.2, 0.25) is 0 Å². The van der Waals surface area contributed by atoms with Crippen molar-refractivity contribution < 1.29 is 9.32 Å². The molecule has 19 heavy (non-hydrogen) atoms. The third kappa shape index (κ3) is 2.84. The van der Waals surface area contributed by atoms with Crippen LogP contribution in [0.15, 0.2) is 34.9 Å². The van der Waals surface area contributed by atoms with Crippen LogP contribution < -0.4 is 0 Å². The molecule has 0 N–H and O–H groups in total. The Bertz CT molecular complexity index is 571. The standard InChI is InChI=1S/C15H18N2O2/c1-4-17(5-2)15(18)13-10-14(19-16-13)12-8-6-7-11(3)9-12/h6-10H,4-5H2,1-3H3. The predicted octanol–water partition coefficient (Wildman–Crippen LogP) is 3.13. The highest BCUT2D eigenvalue weighted by molar-refractivity contribution is 5.93. The maximum absolute atomic E-state index is 12.1. The van der Waals surface area contributed by atoms with Gasteiger partial charge in [-0.25, -0.2) is 0 Å². The van der Waals surface area contributed by atoms with Gasteiger partial charge >= 0.3 is 0 Å². The summed E-state index contributed by atoms with van der Waals surface area (Å²) < 4.78 is 5.27. The minimum absolute atomic E-state index is 0.0901. The Morgan fingerprint density at radius 2 is 2.00 bits per heavy atom. The molecule has 0 unspecified atom stereocenters. The Morgan fingerprint density at radius 3 is 2.63 bits per heavy atom. The molecule has 1 aromatic carbocycles. The van der Waals surface area contributed by atoms with Gasteiger partial charge in [0.05, 0.1) is 0 Å². The molecule has 0 saturated carbocycles. The van der Waals surface area contributed by atoms with Crippen LogP contribution in [-0.2, 0) is 0 Å². The van der Waals surface area contributed by atoms with E-state index in [0.717, 1.165) is 11.1 Å². The fourth-order valence-corrected chi connectivity index (χ4v) is 1.98. The fourth-order valence-electron chi connectivity index (χ4n) is 1.98. The number of amides is 1. The molecule has 0 radical (unpaired) electrons. The van der Waals surface area contributed by atoms with Crippen LogP contribution in [0, 0.1) is 6.92 Å². The van der Waals surface area contributed by atoms with Gasteiger partial charge in [-0.15, -0.1) is 0 Å². The number of carbonyl (C=O) groups excluding carboxylic acids is 1. The van der Waals surface area contributed by atoms with Crippen LogP contribution >= 0.6 is 0 Å². The number of nitrogens with zero attached hydrogens (tertiary/aromatic N) is 2. The second kappa shape index (κ2) is 5.69. The third-order valence-electron chi connectivity index (χ3n) is 3.08. The number of hydrogen-bond acceptors (Lipinski definition) is 3. The monoisotopic (exact) mass is 258 g/mol. The van der Waals surface area contributed by atoms with Crippen molar-refractivity contribution >= 4 is 5.91 Å². The van der Waals surface area contributed by atoms with Gasteiger partial charge in [0.1, 0.15) is 0 Å². The van der Waals surface area contributed by atoms with Gasteiger partial charge in [0.25, 0.3) is 5.91 Å². The predicted molar refractivity (Wildman–Crippen MR) is 73.9 cm³/mol. The third-order valence-corrected chi connectivity index (χ3v) is 3.08. The van der Waals surface area contributed by atoms with E-state index in [0.29, 0.717) is 24.5 Å². The summed E-state index contributed by atoms with van der Waals surface area (Å²) in [6.07, 6.45) is 0. The largest absolute Gasteiger partial charge is 0.355 e. The summed E-state index contributed by atoms with van der Waals surface area (Å²) in [6.45, 7) is 7.25. The van der Waals surface area contributed by atoms with Crippen molar-refractivity contribution in [2.24, 2.45) is 0 Å². The molecule has 0 aliphatic rings. The lowest BCUT2D eigenvalue weighted by Crippen LogP contribution is -2.30. The first-order valence-electron chi connectivity index (χ1n) is 6.48. The van der Waals surface area contributed by atoms with Crippen molar-refractivity contribution in [3.8, 4) is 11.3 Å². The Hall–Kier alpha value is -2.10. The minimum atomic E-state index is -0.0901. The number of benzene rings is 1. The number of hydrogen-bond donors (Lipinski definition) is 0. The van der Waals surface area contributed by atoms with Gasteiger partial charge < -0.3 is 9.42 Å². The smallest absolute Gasteiger partial charge is 0.276 e. The van der Waals surface area contributed by atoms with Crippen LogP contribution in [-0.4, -0.2) is 29.1 Å². The molecule has 0 saturated heterocycles. The van der Waals surface area contributed by atoms with Crippen molar-refractivity contribution in [3.63, 3.8) is 0 Å². The molecule has 4 nitrogen and oxygen atoms in total. The highest BCUT2D eigenvalue weighted by Gasteiger charge is 2.17. The van der Waals surface area contributed by atoms with Gasteiger partial charge in [0.15, 0.2) is 11.5 Å². The summed E-state index contributed by atoms with van der Waals surface area (Å²) in [7, 11) is 0. The zero-order valence-electron chi connectivity index (χ0n) is 11.5. The topological polar surface area (TPSA) is 46.3 Å². The number of rotatable bonds is 4. The first kappa shape index (κ1) is 13.3. The zero-order valence-corrected chi connectivity index (χ0v) is 11.5. The molecule has 0 bridgehead atoms. The molecular weight excluding hydrogens is 240 g/mol. The van der Waals surface area contributed by atoms with Gasteiger partial charge in [-0.3, -0.25) is 4.79 Å². The Morgan fingerprint density at radius 1 is 1.26 bits per heavy atom. The molecule has 2 aromatic rings. The second-order valence-corrected chi connectivity index (χ2v) is 4.42. The highest BCUT2D eigenvalue weighted by atomic mass is 16.5. The van der Waals surface area contributed by atoms with Crippen molar-refractivity contribution in [2.45, 2.75) is 20.8 Å². The lowest BCUT2D eigenvalue weighted by molar-refractivity contribution is 0.0762. The SMILES string of the molecule is CCN(CC)C(=O)c1cc(-c2cccc(C)c2)on1. The van der Waals surface area contributed by atoms with E-state index in [1.807, 2.05) is 45.0 Å². The maximum atomic E-state index is 12.1. The van der Waals surface area contributed by atoms with Crippen LogP contribution in [0.1, 0.15) is 29.9 Å². The molecule has 100 valence electrons. The zero-order chi connectivity index (χ0) is 13.8. The van der Waals surface area contributed by atoms with Gasteiger partial charge in [-0.1, -0.05) is 28.9 Å². The number of carbonyl (C=O) groups is 1. The van der Waals surface area contributed by atoms with Crippen LogP contribution in [0.4, 0.5) is 0 Å². The molecule has 0 aliphatic heterocycles. The average molecular weight is 258 g/mol. The van der Waals surface area contributed by atoms with Gasteiger partial charge in [-0.05, 0) is 26.8 Å². The summed E-state index contributed by atoms with van der Waals surface area (Å²) in [5, 5.41) is 3.87. The molecule has 1 amide bonds. The van der Waals surface area contributed by atoms with E-state index in [2.05, 4.69) is 5.16 Å². The molecular formula is C15H18N2O2. The van der Waals surface area contributed by atoms with Crippen LogP contribution in [0.2, 0.25) is 0 Å². The number of aromatic nitrogens is 1. The molecule has 2 rings (SSSR count). The minimum Gasteiger partial charge on any atom is -0.355 e. The average Bonchev–Trinajstić information content (AvgIpc) is 2.89. The van der Waals surface area contributed by atoms with Crippen molar-refractivity contribution in [1.82, 2.24) is 10.1 Å². The van der Waals surface area contributed by atoms with E-state index in [1.54, 1.807) is 11.0 Å². The second-order valence-electron chi connectivity index (χ2n) is 4.42. The lowest BCUT2D eigenvalue weighted by atomic mass is 10.1. The summed E-state index contributed by atoms with van der Waals surface area (Å²) in [5.41, 5.74) is 2.44. The van der Waals surface area contributed by atoms with Crippen molar-refractivity contribution in [3.05, 3.63) is 41.6 Å². The molecule has 4 heteroatoms. The van der Waals surface area contributed by atoms with Crippen molar-refractivity contribution in [1.29, 1.82) is 0 Å². The van der Waals surface area contributed by atoms with Crippen molar-refractivity contribution in [2.75, 3.05) is 13.1 Å². The Labute approximate surface area is 113 Å². The number of aryl methyl sites for hydroxylation is 1. The lowest BCUT2D eigenvalue weighted by Gasteiger charge is -2.16. The maximum Gasteiger partial charge on any atom is 0.276 e. The summed E-state index contributed by atoms with van der Waals surface area (Å²) in [5.74, 6) is 0.534. The Kier molecular flexibility index (Phi) is 4.00. The summed E-state index contributed by atoms with van der Waals surface area (Å²) in [4.78, 5) is 13.8.